The minimum atomic E-state index is -4.22. The summed E-state index contributed by atoms with van der Waals surface area (Å²) in [6.45, 7) is 6.43. The molecule has 0 aliphatic carbocycles. The second-order valence-corrected chi connectivity index (χ2v) is 13.7. The first-order valence-electron chi connectivity index (χ1n) is 14.7. The first kappa shape index (κ1) is 35.1. The van der Waals surface area contributed by atoms with Gasteiger partial charge in [0.25, 0.3) is 10.1 Å². The quantitative estimate of drug-likeness (QED) is 0.149. The minimum absolute atomic E-state index is 0. The van der Waals surface area contributed by atoms with E-state index >= 15 is 0 Å². The van der Waals surface area contributed by atoms with Crippen LogP contribution in [0.5, 0.6) is 0 Å². The van der Waals surface area contributed by atoms with E-state index < -0.39 is 27.7 Å². The van der Waals surface area contributed by atoms with Gasteiger partial charge in [0.2, 0.25) is 11.8 Å². The molecule has 1 heterocycles. The molecule has 4 aromatic carbocycles. The molecule has 5 aromatic rings. The summed E-state index contributed by atoms with van der Waals surface area (Å²) < 4.78 is 36.7. The molecule has 0 radical (unpaired) electrons. The van der Waals surface area contributed by atoms with E-state index in [1.165, 1.54) is 5.56 Å². The molecule has 0 spiro atoms. The SMILES string of the molecule is CC(C)(C)c1ccc(C(Cc2ccc(NC(=O)CCS(=O)(=O)O)cc2)C(=O)Nc2ccc(-c3cc4ccccc4o3)cc2)cc1.[H-].[Na+]. The number of anilines is 2. The zero-order valence-electron chi connectivity index (χ0n) is 27.4. The molecule has 1 atom stereocenters. The average Bonchev–Trinajstić information content (AvgIpc) is 3.44. The summed E-state index contributed by atoms with van der Waals surface area (Å²) in [5.41, 5.74) is 5.77. The summed E-state index contributed by atoms with van der Waals surface area (Å²) in [5, 5.41) is 6.73. The fourth-order valence-corrected chi connectivity index (χ4v) is 5.50. The number of benzene rings is 4. The number of para-hydroxylation sites is 1. The molecule has 8 nitrogen and oxygen atoms in total. The molecule has 1 aromatic heterocycles. The van der Waals surface area contributed by atoms with E-state index in [1.807, 2.05) is 78.9 Å². The largest absolute Gasteiger partial charge is 1.00 e. The maximum absolute atomic E-state index is 13.8. The average molecular weight is 649 g/mol. The summed E-state index contributed by atoms with van der Waals surface area (Å²) in [7, 11) is -4.22. The predicted molar refractivity (Wildman–Crippen MR) is 179 cm³/mol. The first-order valence-corrected chi connectivity index (χ1v) is 16.3. The molecule has 0 saturated carbocycles. The van der Waals surface area contributed by atoms with Gasteiger partial charge in [0.15, 0.2) is 0 Å². The monoisotopic (exact) mass is 648 g/mol. The van der Waals surface area contributed by atoms with Crippen LogP contribution in [-0.4, -0.2) is 30.5 Å². The molecule has 0 aliphatic heterocycles. The van der Waals surface area contributed by atoms with Gasteiger partial charge in [-0.05, 0) is 77.1 Å². The van der Waals surface area contributed by atoms with Crippen molar-refractivity contribution in [2.75, 3.05) is 16.4 Å². The molecule has 1 unspecified atom stereocenters. The fourth-order valence-electron chi connectivity index (χ4n) is 5.05. The van der Waals surface area contributed by atoms with Crippen LogP contribution in [0.4, 0.5) is 11.4 Å². The standard InChI is InChI=1S/C36H36N2O6S.Na.H/c1-36(2,3)28-14-10-25(11-15-28)31(22-24-8-16-29(17-9-24)37-34(39)20-21-45(41,42)43)35(40)38-30-18-12-26(13-19-30)33-23-27-6-4-5-7-32(27)44-33;;/h4-19,23,31H,20-22H2,1-3H3,(H,37,39)(H,38,40)(H,41,42,43);;/q;+1;-1. The van der Waals surface area contributed by atoms with E-state index in [1.54, 1.807) is 12.1 Å². The molecule has 5 rings (SSSR count). The van der Waals surface area contributed by atoms with Crippen molar-refractivity contribution >= 4 is 44.3 Å². The van der Waals surface area contributed by atoms with Crippen molar-refractivity contribution in [1.82, 2.24) is 0 Å². The number of fused-ring (bicyclic) bond motifs is 1. The fraction of sp³-hybridized carbons (Fsp3) is 0.222. The molecule has 0 saturated heterocycles. The third kappa shape index (κ3) is 9.40. The van der Waals surface area contributed by atoms with Crippen molar-refractivity contribution < 1.29 is 58.0 Å². The van der Waals surface area contributed by atoms with Crippen molar-refractivity contribution in [2.45, 2.75) is 44.9 Å². The van der Waals surface area contributed by atoms with Gasteiger partial charge in [-0.3, -0.25) is 14.1 Å². The van der Waals surface area contributed by atoms with E-state index in [2.05, 4.69) is 43.5 Å². The van der Waals surface area contributed by atoms with Crippen LogP contribution in [0.1, 0.15) is 51.2 Å². The van der Waals surface area contributed by atoms with Crippen molar-refractivity contribution in [2.24, 2.45) is 0 Å². The Hall–Kier alpha value is -3.73. The Morgan fingerprint density at radius 2 is 1.46 bits per heavy atom. The van der Waals surface area contributed by atoms with Crippen molar-refractivity contribution in [3.05, 3.63) is 120 Å². The van der Waals surface area contributed by atoms with E-state index in [9.17, 15) is 18.0 Å². The van der Waals surface area contributed by atoms with Gasteiger partial charge in [0.1, 0.15) is 11.3 Å². The second kappa shape index (κ2) is 14.8. The van der Waals surface area contributed by atoms with Crippen LogP contribution in [0.2, 0.25) is 0 Å². The Balaban J connectivity index is 0.00000300. The van der Waals surface area contributed by atoms with Gasteiger partial charge >= 0.3 is 29.6 Å². The normalized spacial score (nSPS) is 12.3. The molecule has 3 N–H and O–H groups in total. The van der Waals surface area contributed by atoms with Crippen LogP contribution in [0, 0.1) is 0 Å². The number of amides is 2. The third-order valence-corrected chi connectivity index (χ3v) is 8.34. The topological polar surface area (TPSA) is 126 Å². The van der Waals surface area contributed by atoms with E-state index in [4.69, 9.17) is 8.97 Å². The number of hydrogen-bond acceptors (Lipinski definition) is 5. The molecule has 0 aliphatic rings. The third-order valence-electron chi connectivity index (χ3n) is 7.62. The molecule has 0 bridgehead atoms. The number of carbonyl (C=O) groups is 2. The summed E-state index contributed by atoms with van der Waals surface area (Å²) in [4.78, 5) is 25.8. The number of rotatable bonds is 10. The second-order valence-electron chi connectivity index (χ2n) is 12.1. The summed E-state index contributed by atoms with van der Waals surface area (Å²) in [6, 6.07) is 32.6. The molecule has 10 heteroatoms. The number of furan rings is 1. The Labute approximate surface area is 293 Å². The van der Waals surface area contributed by atoms with Crippen LogP contribution in [0.25, 0.3) is 22.3 Å². The van der Waals surface area contributed by atoms with Gasteiger partial charge in [0.05, 0.1) is 11.7 Å². The molecular formula is C36H37N2NaO6S. The Kier molecular flexibility index (Phi) is 11.3. The van der Waals surface area contributed by atoms with Gasteiger partial charge < -0.3 is 16.5 Å². The smallest absolute Gasteiger partial charge is 1.00 e. The van der Waals surface area contributed by atoms with Crippen molar-refractivity contribution in [3.63, 3.8) is 0 Å². The summed E-state index contributed by atoms with van der Waals surface area (Å²) in [5.74, 6) is -1.07. The van der Waals surface area contributed by atoms with Crippen LogP contribution in [0.15, 0.2) is 108 Å². The Morgan fingerprint density at radius 1 is 0.848 bits per heavy atom. The Morgan fingerprint density at radius 3 is 2.07 bits per heavy atom. The molecule has 2 amide bonds. The summed E-state index contributed by atoms with van der Waals surface area (Å²) >= 11 is 0. The van der Waals surface area contributed by atoms with E-state index in [0.717, 1.165) is 33.4 Å². The minimum Gasteiger partial charge on any atom is -1.00 e. The summed E-state index contributed by atoms with van der Waals surface area (Å²) in [6.07, 6.45) is 0.0569. The Bertz CT molecular complexity index is 1880. The molecule has 46 heavy (non-hydrogen) atoms. The van der Waals surface area contributed by atoms with Crippen LogP contribution < -0.4 is 40.2 Å². The van der Waals surface area contributed by atoms with Gasteiger partial charge in [-0.25, -0.2) is 0 Å². The van der Waals surface area contributed by atoms with Gasteiger partial charge in [0, 0.05) is 28.7 Å². The van der Waals surface area contributed by atoms with Crippen LogP contribution in [0.3, 0.4) is 0 Å². The van der Waals surface area contributed by atoms with E-state index in [0.29, 0.717) is 17.8 Å². The number of carbonyl (C=O) groups excluding carboxylic acids is 2. The number of nitrogens with one attached hydrogen (secondary N) is 2. The van der Waals surface area contributed by atoms with Crippen molar-refractivity contribution in [3.8, 4) is 11.3 Å². The maximum atomic E-state index is 13.8. The van der Waals surface area contributed by atoms with Gasteiger partial charge in [-0.15, -0.1) is 0 Å². The molecular weight excluding hydrogens is 611 g/mol. The van der Waals surface area contributed by atoms with E-state index in [-0.39, 0.29) is 48.7 Å². The maximum Gasteiger partial charge on any atom is 1.00 e. The zero-order chi connectivity index (χ0) is 32.2. The predicted octanol–water partition coefficient (Wildman–Crippen LogP) is 4.70. The number of hydrogen-bond donors (Lipinski definition) is 3. The van der Waals surface area contributed by atoms with Crippen LogP contribution in [-0.2, 0) is 31.5 Å². The zero-order valence-corrected chi connectivity index (χ0v) is 29.2. The van der Waals surface area contributed by atoms with Crippen LogP contribution >= 0.6 is 0 Å². The first-order chi connectivity index (χ1) is 21.3. The van der Waals surface area contributed by atoms with Gasteiger partial charge in [-0.1, -0.05) is 75.4 Å². The molecule has 234 valence electrons. The van der Waals surface area contributed by atoms with Crippen molar-refractivity contribution in [1.29, 1.82) is 0 Å². The van der Waals surface area contributed by atoms with Gasteiger partial charge in [-0.2, -0.15) is 8.42 Å². The molecule has 0 fully saturated rings.